The van der Waals surface area contributed by atoms with Gasteiger partial charge in [-0.05, 0) is 17.5 Å². The van der Waals surface area contributed by atoms with Crippen LogP contribution in [0.4, 0.5) is 0 Å². The predicted octanol–water partition coefficient (Wildman–Crippen LogP) is 1.38. The van der Waals surface area contributed by atoms with Crippen molar-refractivity contribution in [3.63, 3.8) is 0 Å². The van der Waals surface area contributed by atoms with E-state index < -0.39 is 0 Å². The molecule has 1 aromatic rings. The van der Waals surface area contributed by atoms with E-state index in [0.717, 1.165) is 0 Å². The molecule has 0 saturated heterocycles. The summed E-state index contributed by atoms with van der Waals surface area (Å²) >= 11 is 0. The summed E-state index contributed by atoms with van der Waals surface area (Å²) in [5.41, 5.74) is 1.29. The molecule has 0 saturated carbocycles. The van der Waals surface area contributed by atoms with Crippen molar-refractivity contribution in [3.8, 4) is 0 Å². The second kappa shape index (κ2) is 5.94. The zero-order valence-electron chi connectivity index (χ0n) is 10.1. The molecule has 0 aliphatic rings. The van der Waals surface area contributed by atoms with E-state index in [9.17, 15) is 0 Å². The van der Waals surface area contributed by atoms with Crippen molar-refractivity contribution >= 4 is 12.4 Å². The molecular weight excluding hydrogens is 183 g/mol. The summed E-state index contributed by atoms with van der Waals surface area (Å²) in [7, 11) is 0. The second-order valence-electron chi connectivity index (χ2n) is 4.49. The molecule has 0 amide bonds. The van der Waals surface area contributed by atoms with Crippen LogP contribution < -0.4 is 15.9 Å². The van der Waals surface area contributed by atoms with Gasteiger partial charge in [-0.15, -0.1) is 0 Å². The highest BCUT2D eigenvalue weighted by atomic mass is 15.0. The van der Waals surface area contributed by atoms with Crippen LogP contribution in [-0.2, 0) is 0 Å². The molecule has 0 unspecified atom stereocenters. The van der Waals surface area contributed by atoms with E-state index in [1.807, 2.05) is 6.07 Å². The molecule has 0 aliphatic heterocycles. The fourth-order valence-electron chi connectivity index (χ4n) is 1.55. The van der Waals surface area contributed by atoms with Gasteiger partial charge in [0.15, 0.2) is 0 Å². The van der Waals surface area contributed by atoms with E-state index >= 15 is 0 Å². The molecule has 2 nitrogen and oxygen atoms in total. The fourth-order valence-corrected chi connectivity index (χ4v) is 1.55. The molecule has 0 radical (unpaired) electrons. The third kappa shape index (κ3) is 4.49. The average molecular weight is 204 g/mol. The molecule has 0 spiro atoms. The van der Waals surface area contributed by atoms with Gasteiger partial charge in [0.1, 0.15) is 0 Å². The quantitative estimate of drug-likeness (QED) is 0.708. The molecule has 3 heteroatoms. The van der Waals surface area contributed by atoms with E-state index in [1.165, 1.54) is 5.46 Å². The van der Waals surface area contributed by atoms with E-state index in [4.69, 9.17) is 0 Å². The lowest BCUT2D eigenvalue weighted by Gasteiger charge is -2.21. The summed E-state index contributed by atoms with van der Waals surface area (Å²) in [6.07, 6.45) is 0. The van der Waals surface area contributed by atoms with Crippen LogP contribution in [-0.4, -0.2) is 19.1 Å². The minimum atomic E-state index is 0.242. The molecule has 0 bridgehead atoms. The van der Waals surface area contributed by atoms with Crippen LogP contribution in [0.1, 0.15) is 27.7 Å². The Kier molecular flexibility index (Phi) is 4.86. The van der Waals surface area contributed by atoms with Gasteiger partial charge in [0.2, 0.25) is 0 Å². The zero-order chi connectivity index (χ0) is 11.3. The lowest BCUT2D eigenvalue weighted by molar-refractivity contribution is 0.689. The van der Waals surface area contributed by atoms with Gasteiger partial charge in [-0.1, -0.05) is 58.0 Å². The SMILES string of the molecule is CC(C)NB(NC(C)C)c1ccccc1. The van der Waals surface area contributed by atoms with Crippen LogP contribution in [0.15, 0.2) is 30.3 Å². The Balaban J connectivity index is 2.72. The molecule has 0 aromatic heterocycles. The van der Waals surface area contributed by atoms with Crippen LogP contribution >= 0.6 is 0 Å². The van der Waals surface area contributed by atoms with Crippen molar-refractivity contribution in [1.29, 1.82) is 0 Å². The molecule has 2 N–H and O–H groups in total. The molecule has 0 aliphatic carbocycles. The van der Waals surface area contributed by atoms with Crippen molar-refractivity contribution in [2.24, 2.45) is 0 Å². The van der Waals surface area contributed by atoms with E-state index in [-0.39, 0.29) is 6.98 Å². The van der Waals surface area contributed by atoms with Crippen LogP contribution in [0.5, 0.6) is 0 Å². The molecule has 15 heavy (non-hydrogen) atoms. The summed E-state index contributed by atoms with van der Waals surface area (Å²) in [6, 6.07) is 11.4. The maximum atomic E-state index is 3.52. The fraction of sp³-hybridized carbons (Fsp3) is 0.500. The minimum absolute atomic E-state index is 0.242. The van der Waals surface area contributed by atoms with Gasteiger partial charge >= 0.3 is 6.98 Å². The third-order valence-electron chi connectivity index (χ3n) is 2.13. The van der Waals surface area contributed by atoms with Crippen molar-refractivity contribution in [2.75, 3.05) is 0 Å². The van der Waals surface area contributed by atoms with Crippen molar-refractivity contribution in [3.05, 3.63) is 30.3 Å². The van der Waals surface area contributed by atoms with Crippen LogP contribution in [0.25, 0.3) is 0 Å². The number of hydrogen-bond acceptors (Lipinski definition) is 2. The minimum Gasteiger partial charge on any atom is -0.336 e. The van der Waals surface area contributed by atoms with E-state index in [1.54, 1.807) is 0 Å². The first-order chi connectivity index (χ1) is 7.09. The summed E-state index contributed by atoms with van der Waals surface area (Å²) in [5, 5.41) is 7.03. The normalized spacial score (nSPS) is 11.1. The van der Waals surface area contributed by atoms with Crippen molar-refractivity contribution < 1.29 is 0 Å². The topological polar surface area (TPSA) is 24.1 Å². The Morgan fingerprint density at radius 2 is 1.33 bits per heavy atom. The van der Waals surface area contributed by atoms with Gasteiger partial charge in [0.05, 0.1) is 0 Å². The second-order valence-corrected chi connectivity index (χ2v) is 4.49. The standard InChI is InChI=1S/C12H21BN2/c1-10(2)14-13(15-11(3)4)12-8-6-5-7-9-12/h5-11,14-15H,1-4H3. The summed E-state index contributed by atoms with van der Waals surface area (Å²) in [5.74, 6) is 0. The largest absolute Gasteiger partial charge is 0.341 e. The van der Waals surface area contributed by atoms with Crippen molar-refractivity contribution in [2.45, 2.75) is 39.8 Å². The van der Waals surface area contributed by atoms with Crippen molar-refractivity contribution in [1.82, 2.24) is 10.5 Å². The van der Waals surface area contributed by atoms with E-state index in [0.29, 0.717) is 12.1 Å². The lowest BCUT2D eigenvalue weighted by atomic mass is 9.67. The number of rotatable bonds is 5. The average Bonchev–Trinajstić information content (AvgIpc) is 2.17. The maximum absolute atomic E-state index is 3.52. The number of nitrogens with one attached hydrogen (secondary N) is 2. The Morgan fingerprint density at radius 1 is 0.867 bits per heavy atom. The highest BCUT2D eigenvalue weighted by Gasteiger charge is 2.18. The first-order valence-electron chi connectivity index (χ1n) is 5.66. The molecule has 1 rings (SSSR count). The van der Waals surface area contributed by atoms with Gasteiger partial charge in [-0.3, -0.25) is 0 Å². The number of hydrogen-bond donors (Lipinski definition) is 2. The summed E-state index contributed by atoms with van der Waals surface area (Å²) in [6.45, 7) is 8.90. The highest BCUT2D eigenvalue weighted by molar-refractivity contribution is 6.68. The Labute approximate surface area is 93.6 Å². The first kappa shape index (κ1) is 12.3. The molecule has 1 aromatic carbocycles. The van der Waals surface area contributed by atoms with E-state index in [2.05, 4.69) is 62.4 Å². The Hall–Kier alpha value is -0.795. The third-order valence-corrected chi connectivity index (χ3v) is 2.13. The monoisotopic (exact) mass is 204 g/mol. The van der Waals surface area contributed by atoms with Gasteiger partial charge in [-0.25, -0.2) is 0 Å². The van der Waals surface area contributed by atoms with Gasteiger partial charge in [0, 0.05) is 0 Å². The smallest absolute Gasteiger partial charge is 0.336 e. The van der Waals surface area contributed by atoms with Crippen LogP contribution in [0.2, 0.25) is 0 Å². The number of benzene rings is 1. The highest BCUT2D eigenvalue weighted by Crippen LogP contribution is 1.88. The van der Waals surface area contributed by atoms with Crippen LogP contribution in [0, 0.1) is 0 Å². The molecule has 0 fully saturated rings. The van der Waals surface area contributed by atoms with Crippen LogP contribution in [0.3, 0.4) is 0 Å². The van der Waals surface area contributed by atoms with Gasteiger partial charge < -0.3 is 10.5 Å². The summed E-state index contributed by atoms with van der Waals surface area (Å²) < 4.78 is 0. The molecular formula is C12H21BN2. The zero-order valence-corrected chi connectivity index (χ0v) is 10.1. The van der Waals surface area contributed by atoms with Gasteiger partial charge in [-0.2, -0.15) is 0 Å². The molecule has 0 heterocycles. The lowest BCUT2D eigenvalue weighted by Crippen LogP contribution is -2.60. The predicted molar refractivity (Wildman–Crippen MR) is 68.4 cm³/mol. The summed E-state index contributed by atoms with van der Waals surface area (Å²) in [4.78, 5) is 0. The van der Waals surface area contributed by atoms with Gasteiger partial charge in [0.25, 0.3) is 0 Å². The Morgan fingerprint density at radius 3 is 1.73 bits per heavy atom. The Bertz CT molecular complexity index is 262. The maximum Gasteiger partial charge on any atom is 0.341 e. The molecule has 82 valence electrons. The first-order valence-corrected chi connectivity index (χ1v) is 5.66. The molecule has 0 atom stereocenters.